The minimum Gasteiger partial charge on any atom is -0.545 e. The molecule has 1 N–H and O–H groups in total. The van der Waals surface area contributed by atoms with Crippen LogP contribution in [0.15, 0.2) is 54.6 Å². The fourth-order valence-corrected chi connectivity index (χ4v) is 3.85. The number of rotatable bonds is 2. The third-order valence-corrected chi connectivity index (χ3v) is 5.08. The summed E-state index contributed by atoms with van der Waals surface area (Å²) in [7, 11) is 0. The molecule has 116 valence electrons. The maximum atomic E-state index is 11.1. The van der Waals surface area contributed by atoms with E-state index >= 15 is 0 Å². The number of fused-ring (bicyclic) bond motifs is 3. The largest absolute Gasteiger partial charge is 0.545 e. The Hall–Kier alpha value is -2.26. The summed E-state index contributed by atoms with van der Waals surface area (Å²) < 4.78 is 0. The highest BCUT2D eigenvalue weighted by molar-refractivity contribution is 6.30. The highest BCUT2D eigenvalue weighted by atomic mass is 35.5. The lowest BCUT2D eigenvalue weighted by molar-refractivity contribution is -0.255. The van der Waals surface area contributed by atoms with E-state index in [2.05, 4.69) is 29.6 Å². The molecule has 0 saturated carbocycles. The molecule has 23 heavy (non-hydrogen) atoms. The monoisotopic (exact) mass is 324 g/mol. The quantitative estimate of drug-likeness (QED) is 0.860. The van der Waals surface area contributed by atoms with Crippen molar-refractivity contribution in [3.8, 4) is 0 Å². The molecule has 0 amide bonds. The van der Waals surface area contributed by atoms with Gasteiger partial charge in [0, 0.05) is 16.6 Å². The zero-order chi connectivity index (χ0) is 16.0. The molecule has 0 radical (unpaired) electrons. The number of nitrogens with one attached hydrogen (secondary N) is 1. The smallest absolute Gasteiger partial charge is 0.0715 e. The van der Waals surface area contributed by atoms with E-state index in [0.717, 1.165) is 22.7 Å². The van der Waals surface area contributed by atoms with E-state index in [-0.39, 0.29) is 17.5 Å². The van der Waals surface area contributed by atoms with Crippen molar-refractivity contribution in [3.05, 3.63) is 76.3 Å². The topological polar surface area (TPSA) is 52.2 Å². The summed E-state index contributed by atoms with van der Waals surface area (Å²) in [5.41, 5.74) is 3.45. The lowest BCUT2D eigenvalue weighted by Gasteiger charge is -2.37. The van der Waals surface area contributed by atoms with Crippen LogP contribution >= 0.6 is 11.6 Å². The third kappa shape index (κ3) is 2.41. The van der Waals surface area contributed by atoms with Crippen LogP contribution in [0.1, 0.15) is 39.9 Å². The molecule has 4 heteroatoms. The van der Waals surface area contributed by atoms with Gasteiger partial charge in [-0.2, -0.15) is 0 Å². The van der Waals surface area contributed by atoms with Crippen molar-refractivity contribution in [3.63, 3.8) is 0 Å². The SMILES string of the molecule is O=C([O-])c1ccc2c(c1)[C@H]1C=CC[C@H]1[C@H](c1ccc(Cl)cc1)N2. The maximum absolute atomic E-state index is 11.1. The van der Waals surface area contributed by atoms with Crippen LogP contribution in [-0.2, 0) is 0 Å². The molecule has 3 nitrogen and oxygen atoms in total. The van der Waals surface area contributed by atoms with Crippen molar-refractivity contribution in [2.45, 2.75) is 18.4 Å². The molecule has 3 atom stereocenters. The van der Waals surface area contributed by atoms with Gasteiger partial charge in [-0.1, -0.05) is 42.0 Å². The molecule has 2 aromatic rings. The molecule has 0 unspecified atom stereocenters. The first-order chi connectivity index (χ1) is 11.1. The minimum atomic E-state index is -1.13. The molecule has 4 rings (SSSR count). The third-order valence-electron chi connectivity index (χ3n) is 4.83. The van der Waals surface area contributed by atoms with Gasteiger partial charge < -0.3 is 15.2 Å². The van der Waals surface area contributed by atoms with Crippen LogP contribution in [0.25, 0.3) is 0 Å². The van der Waals surface area contributed by atoms with Crippen LogP contribution in [0.4, 0.5) is 5.69 Å². The summed E-state index contributed by atoms with van der Waals surface area (Å²) in [6.45, 7) is 0. The van der Waals surface area contributed by atoms with Crippen LogP contribution in [0, 0.1) is 5.92 Å². The highest BCUT2D eigenvalue weighted by Gasteiger charge is 2.37. The summed E-state index contributed by atoms with van der Waals surface area (Å²) in [5.74, 6) is -0.530. The maximum Gasteiger partial charge on any atom is 0.0715 e. The van der Waals surface area contributed by atoms with Crippen LogP contribution in [-0.4, -0.2) is 5.97 Å². The number of carbonyl (C=O) groups excluding carboxylic acids is 1. The number of halogens is 1. The molecule has 1 aliphatic carbocycles. The number of carboxylic acids is 1. The molecular formula is C19H15ClNO2-. The van der Waals surface area contributed by atoms with Gasteiger partial charge in [-0.25, -0.2) is 0 Å². The lowest BCUT2D eigenvalue weighted by atomic mass is 9.76. The second-order valence-corrected chi connectivity index (χ2v) is 6.55. The second-order valence-electron chi connectivity index (χ2n) is 6.12. The molecule has 2 aliphatic rings. The number of anilines is 1. The fraction of sp³-hybridized carbons (Fsp3) is 0.211. The van der Waals surface area contributed by atoms with Gasteiger partial charge in [0.05, 0.1) is 12.0 Å². The number of carbonyl (C=O) groups is 1. The predicted molar refractivity (Wildman–Crippen MR) is 88.6 cm³/mol. The first-order valence-corrected chi connectivity index (χ1v) is 8.05. The molecule has 0 aromatic heterocycles. The van der Waals surface area contributed by atoms with Crippen molar-refractivity contribution in [2.24, 2.45) is 5.92 Å². The molecule has 0 saturated heterocycles. The fourth-order valence-electron chi connectivity index (χ4n) is 3.72. The van der Waals surface area contributed by atoms with E-state index in [1.54, 1.807) is 12.1 Å². The van der Waals surface area contributed by atoms with Crippen molar-refractivity contribution < 1.29 is 9.90 Å². The van der Waals surface area contributed by atoms with Crippen molar-refractivity contribution in [2.75, 3.05) is 5.32 Å². The van der Waals surface area contributed by atoms with Crippen LogP contribution in [0.3, 0.4) is 0 Å². The zero-order valence-corrected chi connectivity index (χ0v) is 13.1. The van der Waals surface area contributed by atoms with E-state index in [1.807, 2.05) is 18.2 Å². The Balaban J connectivity index is 1.77. The second kappa shape index (κ2) is 5.43. The van der Waals surface area contributed by atoms with Gasteiger partial charge in [0.25, 0.3) is 0 Å². The summed E-state index contributed by atoms with van der Waals surface area (Å²) in [6, 6.07) is 13.3. The van der Waals surface area contributed by atoms with Gasteiger partial charge in [0.1, 0.15) is 0 Å². The number of hydrogen-bond acceptors (Lipinski definition) is 3. The molecule has 0 spiro atoms. The summed E-state index contributed by atoms with van der Waals surface area (Å²) in [6.07, 6.45) is 5.34. The number of benzene rings is 2. The zero-order valence-electron chi connectivity index (χ0n) is 12.3. The highest BCUT2D eigenvalue weighted by Crippen LogP contribution is 2.49. The molecule has 2 aromatic carbocycles. The summed E-state index contributed by atoms with van der Waals surface area (Å²) in [4.78, 5) is 11.1. The normalized spacial score (nSPS) is 24.7. The minimum absolute atomic E-state index is 0.188. The van der Waals surface area contributed by atoms with E-state index < -0.39 is 5.97 Å². The predicted octanol–water partition coefficient (Wildman–Crippen LogP) is 3.53. The van der Waals surface area contributed by atoms with Crippen molar-refractivity contribution >= 4 is 23.3 Å². The number of hydrogen-bond donors (Lipinski definition) is 1. The Morgan fingerprint density at radius 1 is 1.17 bits per heavy atom. The van der Waals surface area contributed by atoms with Crippen molar-refractivity contribution in [1.29, 1.82) is 0 Å². The van der Waals surface area contributed by atoms with Gasteiger partial charge in [-0.15, -0.1) is 0 Å². The van der Waals surface area contributed by atoms with Gasteiger partial charge in [-0.05, 0) is 53.3 Å². The summed E-state index contributed by atoms with van der Waals surface area (Å²) in [5, 5.41) is 15.4. The molecule has 1 aliphatic heterocycles. The summed E-state index contributed by atoms with van der Waals surface area (Å²) >= 11 is 6.00. The van der Waals surface area contributed by atoms with Gasteiger partial charge >= 0.3 is 0 Å². The Kier molecular flexibility index (Phi) is 3.38. The van der Waals surface area contributed by atoms with E-state index in [0.29, 0.717) is 5.92 Å². The first kappa shape index (κ1) is 14.3. The van der Waals surface area contributed by atoms with Gasteiger partial charge in [-0.3, -0.25) is 0 Å². The molecular weight excluding hydrogens is 310 g/mol. The number of carboxylic acid groups (broad SMARTS) is 1. The average Bonchev–Trinajstić information content (AvgIpc) is 3.04. The Morgan fingerprint density at radius 2 is 1.96 bits per heavy atom. The van der Waals surface area contributed by atoms with E-state index in [1.165, 1.54) is 5.56 Å². The number of aromatic carboxylic acids is 1. The molecule has 1 heterocycles. The molecule has 0 fully saturated rings. The number of allylic oxidation sites excluding steroid dienone is 2. The Morgan fingerprint density at radius 3 is 2.70 bits per heavy atom. The van der Waals surface area contributed by atoms with Gasteiger partial charge in [0.2, 0.25) is 0 Å². The van der Waals surface area contributed by atoms with E-state index in [4.69, 9.17) is 11.6 Å². The molecule has 0 bridgehead atoms. The first-order valence-electron chi connectivity index (χ1n) is 7.67. The Bertz CT molecular complexity index is 798. The van der Waals surface area contributed by atoms with Crippen LogP contribution < -0.4 is 10.4 Å². The van der Waals surface area contributed by atoms with Crippen LogP contribution in [0.5, 0.6) is 0 Å². The van der Waals surface area contributed by atoms with Gasteiger partial charge in [0.15, 0.2) is 0 Å². The van der Waals surface area contributed by atoms with Crippen molar-refractivity contribution in [1.82, 2.24) is 0 Å². The average molecular weight is 325 g/mol. The lowest BCUT2D eigenvalue weighted by Crippen LogP contribution is -2.30. The van der Waals surface area contributed by atoms with E-state index in [9.17, 15) is 9.90 Å². The Labute approximate surface area is 139 Å². The standard InChI is InChI=1S/C19H16ClNO2/c20-13-7-4-11(5-8-13)18-15-3-1-2-14(15)16-10-12(19(22)23)6-9-17(16)21-18/h1-2,4-10,14-15,18,21H,3H2,(H,22,23)/p-1/t14-,15+,18-/m0/s1. The van der Waals surface area contributed by atoms with Crippen LogP contribution in [0.2, 0.25) is 5.02 Å².